The maximum atomic E-state index is 13.9. The van der Waals surface area contributed by atoms with Crippen LogP contribution in [0.15, 0.2) is 30.3 Å². The van der Waals surface area contributed by atoms with Crippen LogP contribution in [0.25, 0.3) is 0 Å². The molecule has 3 atom stereocenters. The first kappa shape index (κ1) is 28.5. The second kappa shape index (κ2) is 11.5. The SMILES string of the molecule is CCC(C)N(C(=O)C(NC(=O)OC(C)(C)C)C(C)C)C(C(=O)NC(C)(C)C)c1ccccc1. The summed E-state index contributed by atoms with van der Waals surface area (Å²) in [6.07, 6.45) is -0.0103. The molecule has 0 heterocycles. The molecule has 7 nitrogen and oxygen atoms in total. The van der Waals surface area contributed by atoms with Crippen molar-refractivity contribution < 1.29 is 19.1 Å². The van der Waals surface area contributed by atoms with E-state index >= 15 is 0 Å². The largest absolute Gasteiger partial charge is 0.444 e. The van der Waals surface area contributed by atoms with E-state index in [9.17, 15) is 14.4 Å². The van der Waals surface area contributed by atoms with Crippen molar-refractivity contribution in [3.63, 3.8) is 0 Å². The van der Waals surface area contributed by atoms with Gasteiger partial charge in [-0.1, -0.05) is 51.1 Å². The summed E-state index contributed by atoms with van der Waals surface area (Å²) in [6.45, 7) is 18.6. The Morgan fingerprint density at radius 3 is 1.94 bits per heavy atom. The van der Waals surface area contributed by atoms with E-state index in [-0.39, 0.29) is 23.8 Å². The molecule has 0 saturated heterocycles. The van der Waals surface area contributed by atoms with Crippen LogP contribution in [0, 0.1) is 5.92 Å². The first-order chi connectivity index (χ1) is 15.1. The molecule has 7 heteroatoms. The van der Waals surface area contributed by atoms with Crippen LogP contribution in [-0.4, -0.2) is 46.0 Å². The zero-order valence-electron chi connectivity index (χ0n) is 22.0. The molecular formula is C26H43N3O4. The average Bonchev–Trinajstić information content (AvgIpc) is 2.66. The van der Waals surface area contributed by atoms with Crippen LogP contribution >= 0.6 is 0 Å². The number of benzene rings is 1. The van der Waals surface area contributed by atoms with E-state index in [0.29, 0.717) is 12.0 Å². The van der Waals surface area contributed by atoms with E-state index in [1.165, 1.54) is 0 Å². The predicted molar refractivity (Wildman–Crippen MR) is 132 cm³/mol. The highest BCUT2D eigenvalue weighted by Crippen LogP contribution is 2.27. The van der Waals surface area contributed by atoms with E-state index in [1.807, 2.05) is 78.8 Å². The highest BCUT2D eigenvalue weighted by Gasteiger charge is 2.40. The van der Waals surface area contributed by atoms with Crippen LogP contribution in [-0.2, 0) is 14.3 Å². The van der Waals surface area contributed by atoms with Crippen LogP contribution in [0.1, 0.15) is 87.3 Å². The molecule has 0 aliphatic carbocycles. The Bertz CT molecular complexity index is 794. The van der Waals surface area contributed by atoms with Crippen molar-refractivity contribution in [3.8, 4) is 0 Å². The van der Waals surface area contributed by atoms with Crippen LogP contribution < -0.4 is 10.6 Å². The predicted octanol–water partition coefficient (Wildman–Crippen LogP) is 4.82. The van der Waals surface area contributed by atoms with Gasteiger partial charge >= 0.3 is 6.09 Å². The van der Waals surface area contributed by atoms with Gasteiger partial charge in [0.25, 0.3) is 0 Å². The molecule has 0 aromatic heterocycles. The molecule has 186 valence electrons. The van der Waals surface area contributed by atoms with Crippen LogP contribution in [0.5, 0.6) is 0 Å². The summed E-state index contributed by atoms with van der Waals surface area (Å²) in [4.78, 5) is 41.6. The van der Waals surface area contributed by atoms with Gasteiger partial charge in [-0.25, -0.2) is 4.79 Å². The van der Waals surface area contributed by atoms with Crippen LogP contribution in [0.4, 0.5) is 4.79 Å². The van der Waals surface area contributed by atoms with E-state index in [1.54, 1.807) is 25.7 Å². The van der Waals surface area contributed by atoms with E-state index in [2.05, 4.69) is 10.6 Å². The van der Waals surface area contributed by atoms with Gasteiger partial charge in [0.05, 0.1) is 0 Å². The highest BCUT2D eigenvalue weighted by atomic mass is 16.6. The van der Waals surface area contributed by atoms with Gasteiger partial charge in [-0.2, -0.15) is 0 Å². The van der Waals surface area contributed by atoms with Gasteiger partial charge in [0.2, 0.25) is 11.8 Å². The molecule has 0 fully saturated rings. The summed E-state index contributed by atoms with van der Waals surface area (Å²) < 4.78 is 5.39. The molecule has 0 bridgehead atoms. The average molecular weight is 462 g/mol. The second-order valence-corrected chi connectivity index (χ2v) is 10.9. The van der Waals surface area contributed by atoms with Gasteiger partial charge in [-0.15, -0.1) is 0 Å². The first-order valence-electron chi connectivity index (χ1n) is 11.8. The first-order valence-corrected chi connectivity index (χ1v) is 11.8. The molecule has 0 aliphatic rings. The molecule has 0 spiro atoms. The Balaban J connectivity index is 3.47. The molecule has 1 rings (SSSR count). The van der Waals surface area contributed by atoms with E-state index < -0.39 is 29.3 Å². The smallest absolute Gasteiger partial charge is 0.408 e. The number of carbonyl (C=O) groups excluding carboxylic acids is 3. The van der Waals surface area contributed by atoms with Gasteiger partial charge in [0.1, 0.15) is 17.7 Å². The number of nitrogens with one attached hydrogen (secondary N) is 2. The molecule has 1 aromatic carbocycles. The third-order valence-electron chi connectivity index (χ3n) is 5.07. The maximum absolute atomic E-state index is 13.9. The lowest BCUT2D eigenvalue weighted by Crippen LogP contribution is -2.58. The van der Waals surface area contributed by atoms with Crippen LogP contribution in [0.2, 0.25) is 0 Å². The van der Waals surface area contributed by atoms with E-state index in [4.69, 9.17) is 4.74 Å². The van der Waals surface area contributed by atoms with Crippen molar-refractivity contribution in [2.75, 3.05) is 0 Å². The molecule has 3 amide bonds. The fourth-order valence-electron chi connectivity index (χ4n) is 3.42. The fourth-order valence-corrected chi connectivity index (χ4v) is 3.42. The molecule has 0 saturated carbocycles. The lowest BCUT2D eigenvalue weighted by Gasteiger charge is -2.40. The molecule has 33 heavy (non-hydrogen) atoms. The van der Waals surface area contributed by atoms with Gasteiger partial charge < -0.3 is 20.3 Å². The van der Waals surface area contributed by atoms with Crippen molar-refractivity contribution >= 4 is 17.9 Å². The van der Waals surface area contributed by atoms with Crippen molar-refractivity contribution in [1.29, 1.82) is 0 Å². The molecule has 0 aliphatic heterocycles. The maximum Gasteiger partial charge on any atom is 0.408 e. The lowest BCUT2D eigenvalue weighted by atomic mass is 9.96. The van der Waals surface area contributed by atoms with Gasteiger partial charge in [0, 0.05) is 11.6 Å². The van der Waals surface area contributed by atoms with Crippen molar-refractivity contribution in [3.05, 3.63) is 35.9 Å². The number of nitrogens with zero attached hydrogens (tertiary/aromatic N) is 1. The number of amides is 3. The molecule has 2 N–H and O–H groups in total. The Morgan fingerprint density at radius 1 is 0.970 bits per heavy atom. The van der Waals surface area contributed by atoms with Crippen LogP contribution in [0.3, 0.4) is 0 Å². The van der Waals surface area contributed by atoms with Crippen molar-refractivity contribution in [2.45, 2.75) is 105 Å². The minimum absolute atomic E-state index is 0.210. The fraction of sp³-hybridized carbons (Fsp3) is 0.654. The third-order valence-corrected chi connectivity index (χ3v) is 5.07. The summed E-state index contributed by atoms with van der Waals surface area (Å²) >= 11 is 0. The minimum Gasteiger partial charge on any atom is -0.444 e. The lowest BCUT2D eigenvalue weighted by molar-refractivity contribution is -0.146. The highest BCUT2D eigenvalue weighted by molar-refractivity contribution is 5.92. The normalized spacial score (nSPS) is 14.8. The zero-order valence-corrected chi connectivity index (χ0v) is 22.0. The zero-order chi connectivity index (χ0) is 25.6. The van der Waals surface area contributed by atoms with Gasteiger partial charge in [-0.3, -0.25) is 9.59 Å². The number of hydrogen-bond acceptors (Lipinski definition) is 4. The van der Waals surface area contributed by atoms with E-state index in [0.717, 1.165) is 0 Å². The number of alkyl carbamates (subject to hydrolysis) is 1. The number of carbonyl (C=O) groups is 3. The monoisotopic (exact) mass is 461 g/mol. The Morgan fingerprint density at radius 2 is 1.52 bits per heavy atom. The quantitative estimate of drug-likeness (QED) is 0.581. The third kappa shape index (κ3) is 9.06. The summed E-state index contributed by atoms with van der Waals surface area (Å²) in [6, 6.07) is 7.35. The minimum atomic E-state index is -0.845. The summed E-state index contributed by atoms with van der Waals surface area (Å²) in [5, 5.41) is 5.77. The Labute approximate surface area is 199 Å². The topological polar surface area (TPSA) is 87.7 Å². The Kier molecular flexibility index (Phi) is 9.94. The number of ether oxygens (including phenoxy) is 1. The van der Waals surface area contributed by atoms with Crippen molar-refractivity contribution in [1.82, 2.24) is 15.5 Å². The van der Waals surface area contributed by atoms with Crippen molar-refractivity contribution in [2.24, 2.45) is 5.92 Å². The summed E-state index contributed by atoms with van der Waals surface area (Å²) in [5.74, 6) is -0.788. The summed E-state index contributed by atoms with van der Waals surface area (Å²) in [7, 11) is 0. The van der Waals surface area contributed by atoms with Gasteiger partial charge in [-0.05, 0) is 66.4 Å². The molecule has 0 radical (unpaired) electrons. The molecule has 1 aromatic rings. The molecular weight excluding hydrogens is 418 g/mol. The summed E-state index contributed by atoms with van der Waals surface area (Å²) in [5.41, 5.74) is -0.447. The number of hydrogen-bond donors (Lipinski definition) is 2. The van der Waals surface area contributed by atoms with Gasteiger partial charge in [0.15, 0.2) is 0 Å². The molecule has 3 unspecified atom stereocenters. The second-order valence-electron chi connectivity index (χ2n) is 10.9. The number of rotatable bonds is 8. The Hall–Kier alpha value is -2.57. The standard InChI is InChI=1S/C26H43N3O4/c1-11-18(4)29(23(31)20(17(2)3)27-24(32)33-26(8,9)10)21(19-15-13-12-14-16-19)22(30)28-25(5,6)7/h12-18,20-21H,11H2,1-10H3,(H,27,32)(H,28,30).